The lowest BCUT2D eigenvalue weighted by Gasteiger charge is -2.22. The summed E-state index contributed by atoms with van der Waals surface area (Å²) in [7, 11) is 0. The van der Waals surface area contributed by atoms with Crippen LogP contribution in [0.4, 0.5) is 4.39 Å². The summed E-state index contributed by atoms with van der Waals surface area (Å²) < 4.78 is 12.9. The molecule has 1 fully saturated rings. The Morgan fingerprint density at radius 1 is 1.21 bits per heavy atom. The Morgan fingerprint density at radius 3 is 2.75 bits per heavy atom. The lowest BCUT2D eigenvalue weighted by Crippen LogP contribution is -2.45. The van der Waals surface area contributed by atoms with E-state index in [1.54, 1.807) is 28.8 Å². The van der Waals surface area contributed by atoms with Crippen molar-refractivity contribution in [2.45, 2.75) is 18.0 Å². The van der Waals surface area contributed by atoms with E-state index in [4.69, 9.17) is 0 Å². The molecule has 0 bridgehead atoms. The number of rotatable bonds is 3. The highest BCUT2D eigenvalue weighted by atomic mass is 32.2. The largest absolute Gasteiger partial charge is 0.350 e. The lowest BCUT2D eigenvalue weighted by atomic mass is 10.1. The molecule has 2 aromatic rings. The number of benzene rings is 2. The van der Waals surface area contributed by atoms with Gasteiger partial charge in [0.25, 0.3) is 5.91 Å². The van der Waals surface area contributed by atoms with E-state index in [1.165, 1.54) is 12.1 Å². The Kier molecular flexibility index (Phi) is 3.76. The van der Waals surface area contributed by atoms with E-state index >= 15 is 0 Å². The van der Waals surface area contributed by atoms with Crippen molar-refractivity contribution < 1.29 is 14.0 Å². The first kappa shape index (κ1) is 15.2. The summed E-state index contributed by atoms with van der Waals surface area (Å²) in [5.74, 6) is 0.0264. The number of hydrogen-bond acceptors (Lipinski definition) is 3. The fourth-order valence-corrected chi connectivity index (χ4v) is 4.62. The van der Waals surface area contributed by atoms with Crippen LogP contribution in [-0.2, 0) is 11.3 Å². The van der Waals surface area contributed by atoms with E-state index in [0.29, 0.717) is 17.9 Å². The van der Waals surface area contributed by atoms with Gasteiger partial charge < -0.3 is 10.2 Å². The summed E-state index contributed by atoms with van der Waals surface area (Å²) in [5, 5.41) is 2.78. The van der Waals surface area contributed by atoms with Gasteiger partial charge in [0, 0.05) is 17.9 Å². The van der Waals surface area contributed by atoms with E-state index in [0.717, 1.165) is 11.1 Å². The van der Waals surface area contributed by atoms with Gasteiger partial charge in [0.15, 0.2) is 0 Å². The van der Waals surface area contributed by atoms with Gasteiger partial charge in [-0.2, -0.15) is 0 Å². The number of fused-ring (bicyclic) bond motifs is 3. The zero-order chi connectivity index (χ0) is 16.7. The zero-order valence-corrected chi connectivity index (χ0v) is 13.6. The van der Waals surface area contributed by atoms with Crippen LogP contribution in [0.25, 0.3) is 0 Å². The summed E-state index contributed by atoms with van der Waals surface area (Å²) in [5.41, 5.74) is 2.50. The Hall–Kier alpha value is -2.34. The molecule has 2 aliphatic rings. The van der Waals surface area contributed by atoms with E-state index in [9.17, 15) is 14.0 Å². The monoisotopic (exact) mass is 342 g/mol. The van der Waals surface area contributed by atoms with E-state index in [2.05, 4.69) is 5.32 Å². The van der Waals surface area contributed by atoms with Crippen LogP contribution in [0, 0.1) is 5.82 Å². The van der Waals surface area contributed by atoms with E-state index in [-0.39, 0.29) is 23.0 Å². The minimum absolute atomic E-state index is 0.0738. The highest BCUT2D eigenvalue weighted by Gasteiger charge is 2.48. The maximum atomic E-state index is 12.9. The third-order valence-electron chi connectivity index (χ3n) is 4.37. The van der Waals surface area contributed by atoms with Gasteiger partial charge >= 0.3 is 0 Å². The smallest absolute Gasteiger partial charge is 0.256 e. The van der Waals surface area contributed by atoms with Crippen molar-refractivity contribution in [1.29, 1.82) is 0 Å². The number of halogens is 1. The Balaban J connectivity index is 1.47. The van der Waals surface area contributed by atoms with Gasteiger partial charge in [-0.15, -0.1) is 11.8 Å². The van der Waals surface area contributed by atoms with Crippen molar-refractivity contribution in [3.63, 3.8) is 0 Å². The molecule has 2 atom stereocenters. The van der Waals surface area contributed by atoms with Crippen molar-refractivity contribution in [2.24, 2.45) is 0 Å². The fraction of sp³-hybridized carbons (Fsp3) is 0.222. The first-order chi connectivity index (χ1) is 11.6. The number of carbonyl (C=O) groups excluding carboxylic acids is 2. The molecule has 2 aromatic carbocycles. The molecule has 1 N–H and O–H groups in total. The van der Waals surface area contributed by atoms with Crippen molar-refractivity contribution in [2.75, 3.05) is 5.75 Å². The third-order valence-corrected chi connectivity index (χ3v) is 5.68. The third kappa shape index (κ3) is 2.47. The van der Waals surface area contributed by atoms with Crippen LogP contribution in [-0.4, -0.2) is 28.5 Å². The average molecular weight is 342 g/mol. The van der Waals surface area contributed by atoms with Crippen molar-refractivity contribution in [3.05, 3.63) is 71.0 Å². The number of thioether (sulfide) groups is 1. The molecule has 2 aliphatic heterocycles. The minimum Gasteiger partial charge on any atom is -0.350 e. The van der Waals surface area contributed by atoms with Crippen LogP contribution in [0.3, 0.4) is 0 Å². The zero-order valence-electron chi connectivity index (χ0n) is 12.7. The first-order valence-corrected chi connectivity index (χ1v) is 8.75. The molecular formula is C18H15FN2O2S. The van der Waals surface area contributed by atoms with Crippen molar-refractivity contribution in [1.82, 2.24) is 10.2 Å². The van der Waals surface area contributed by atoms with Gasteiger partial charge in [-0.1, -0.05) is 30.3 Å². The van der Waals surface area contributed by atoms with Crippen LogP contribution in [0.15, 0.2) is 48.5 Å². The van der Waals surface area contributed by atoms with E-state index in [1.807, 2.05) is 24.3 Å². The Morgan fingerprint density at radius 2 is 1.96 bits per heavy atom. The molecule has 24 heavy (non-hydrogen) atoms. The molecule has 0 radical (unpaired) electrons. The lowest BCUT2D eigenvalue weighted by molar-refractivity contribution is -0.124. The average Bonchev–Trinajstić information content (AvgIpc) is 3.15. The quantitative estimate of drug-likeness (QED) is 0.933. The molecule has 122 valence electrons. The Labute approximate surface area is 143 Å². The molecule has 4 rings (SSSR count). The molecule has 0 aromatic heterocycles. The SMILES string of the molecule is O=C(NCc1ccc(F)cc1)C1CSC2c3ccccc3C(=O)N12. The molecule has 2 unspecified atom stereocenters. The maximum Gasteiger partial charge on any atom is 0.256 e. The summed E-state index contributed by atoms with van der Waals surface area (Å²) in [6.07, 6.45) is 0. The molecular weight excluding hydrogens is 327 g/mol. The fourth-order valence-electron chi connectivity index (χ4n) is 3.15. The minimum atomic E-state index is -0.472. The Bertz CT molecular complexity index is 809. The van der Waals surface area contributed by atoms with E-state index < -0.39 is 6.04 Å². The normalized spacial score (nSPS) is 21.5. The molecule has 0 aliphatic carbocycles. The van der Waals surface area contributed by atoms with Crippen LogP contribution in [0.1, 0.15) is 26.9 Å². The second-order valence-corrected chi connectivity index (χ2v) is 6.96. The van der Waals surface area contributed by atoms with Gasteiger partial charge in [-0.25, -0.2) is 4.39 Å². The van der Waals surface area contributed by atoms with Crippen LogP contribution in [0.5, 0.6) is 0 Å². The van der Waals surface area contributed by atoms with Gasteiger partial charge in [-0.05, 0) is 29.3 Å². The number of nitrogens with zero attached hydrogens (tertiary/aromatic N) is 1. The first-order valence-electron chi connectivity index (χ1n) is 7.70. The van der Waals surface area contributed by atoms with Gasteiger partial charge in [0.2, 0.25) is 5.91 Å². The molecule has 2 amide bonds. The predicted octanol–water partition coefficient (Wildman–Crippen LogP) is 2.71. The number of nitrogens with one attached hydrogen (secondary N) is 1. The maximum absolute atomic E-state index is 12.9. The standard InChI is InChI=1S/C18H15FN2O2S/c19-12-7-5-11(6-8-12)9-20-16(22)15-10-24-18-14-4-2-1-3-13(14)17(23)21(15)18/h1-8,15,18H,9-10H2,(H,20,22). The molecule has 0 spiro atoms. The van der Waals surface area contributed by atoms with Crippen molar-refractivity contribution >= 4 is 23.6 Å². The highest BCUT2D eigenvalue weighted by Crippen LogP contribution is 2.47. The molecule has 6 heteroatoms. The number of carbonyl (C=O) groups is 2. The number of hydrogen-bond donors (Lipinski definition) is 1. The molecule has 4 nitrogen and oxygen atoms in total. The highest BCUT2D eigenvalue weighted by molar-refractivity contribution is 7.99. The summed E-state index contributed by atoms with van der Waals surface area (Å²) in [6, 6.07) is 13.0. The summed E-state index contributed by atoms with van der Waals surface area (Å²) >= 11 is 1.61. The van der Waals surface area contributed by atoms with Crippen LogP contribution < -0.4 is 5.32 Å². The van der Waals surface area contributed by atoms with Gasteiger partial charge in [0.05, 0.1) is 0 Å². The second kappa shape index (κ2) is 5.94. The molecule has 2 heterocycles. The summed E-state index contributed by atoms with van der Waals surface area (Å²) in [6.45, 7) is 0.319. The molecule has 0 saturated carbocycles. The van der Waals surface area contributed by atoms with Gasteiger partial charge in [-0.3, -0.25) is 9.59 Å². The number of amides is 2. The van der Waals surface area contributed by atoms with Crippen LogP contribution >= 0.6 is 11.8 Å². The summed E-state index contributed by atoms with van der Waals surface area (Å²) in [4.78, 5) is 26.8. The van der Waals surface area contributed by atoms with Gasteiger partial charge in [0.1, 0.15) is 17.2 Å². The van der Waals surface area contributed by atoms with Crippen molar-refractivity contribution in [3.8, 4) is 0 Å². The molecule has 1 saturated heterocycles. The second-order valence-electron chi connectivity index (χ2n) is 5.85. The van der Waals surface area contributed by atoms with Crippen LogP contribution in [0.2, 0.25) is 0 Å². The topological polar surface area (TPSA) is 49.4 Å². The predicted molar refractivity (Wildman–Crippen MR) is 89.8 cm³/mol.